The Morgan fingerprint density at radius 1 is 1.38 bits per heavy atom. The van der Waals surface area contributed by atoms with Gasteiger partial charge in [0.05, 0.1) is 0 Å². The summed E-state index contributed by atoms with van der Waals surface area (Å²) in [7, 11) is 0. The zero-order chi connectivity index (χ0) is 12.1. The highest BCUT2D eigenvalue weighted by Crippen LogP contribution is 2.37. The predicted molar refractivity (Wildman–Crippen MR) is 62.7 cm³/mol. The van der Waals surface area contributed by atoms with E-state index in [0.717, 1.165) is 12.0 Å². The van der Waals surface area contributed by atoms with E-state index in [1.165, 1.54) is 0 Å². The smallest absolute Gasteiger partial charge is 0.223 e. The van der Waals surface area contributed by atoms with Gasteiger partial charge in [0.1, 0.15) is 0 Å². The molecule has 1 fully saturated rings. The fourth-order valence-corrected chi connectivity index (χ4v) is 1.46. The van der Waals surface area contributed by atoms with E-state index in [2.05, 4.69) is 24.1 Å². The molecule has 90 valence electrons. The van der Waals surface area contributed by atoms with Gasteiger partial charge in [0, 0.05) is 25.4 Å². The molecule has 1 aliphatic rings. The summed E-state index contributed by atoms with van der Waals surface area (Å²) >= 11 is 0. The van der Waals surface area contributed by atoms with Crippen molar-refractivity contribution in [1.29, 1.82) is 0 Å². The van der Waals surface area contributed by atoms with Crippen molar-refractivity contribution in [2.24, 2.45) is 11.8 Å². The van der Waals surface area contributed by atoms with Gasteiger partial charge in [0.15, 0.2) is 0 Å². The highest BCUT2D eigenvalue weighted by molar-refractivity contribution is 5.82. The lowest BCUT2D eigenvalue weighted by atomic mass is 10.3. The van der Waals surface area contributed by atoms with E-state index in [1.807, 2.05) is 6.92 Å². The molecule has 0 radical (unpaired) electrons. The SMILES string of the molecule is C=C(C)CNC(=O)CCNC(=O)C1CC1C. The highest BCUT2D eigenvalue weighted by Gasteiger charge is 2.38. The molecule has 2 atom stereocenters. The molecule has 2 amide bonds. The van der Waals surface area contributed by atoms with Gasteiger partial charge in [0.25, 0.3) is 0 Å². The summed E-state index contributed by atoms with van der Waals surface area (Å²) in [5.41, 5.74) is 0.921. The standard InChI is InChI=1S/C12H20N2O2/c1-8(2)7-14-11(15)4-5-13-12(16)10-6-9(10)3/h9-10H,1,4-7H2,2-3H3,(H,13,16)(H,14,15). The lowest BCUT2D eigenvalue weighted by molar-refractivity contribution is -0.123. The van der Waals surface area contributed by atoms with Gasteiger partial charge < -0.3 is 10.6 Å². The van der Waals surface area contributed by atoms with Gasteiger partial charge in [0.2, 0.25) is 11.8 Å². The Bertz CT molecular complexity index is 299. The number of carbonyl (C=O) groups excluding carboxylic acids is 2. The number of carbonyl (C=O) groups is 2. The average molecular weight is 224 g/mol. The normalized spacial score (nSPS) is 22.4. The van der Waals surface area contributed by atoms with Crippen molar-refractivity contribution in [3.63, 3.8) is 0 Å². The van der Waals surface area contributed by atoms with E-state index in [0.29, 0.717) is 25.4 Å². The first-order chi connectivity index (χ1) is 7.50. The highest BCUT2D eigenvalue weighted by atomic mass is 16.2. The van der Waals surface area contributed by atoms with Crippen LogP contribution in [0.4, 0.5) is 0 Å². The predicted octanol–water partition coefficient (Wildman–Crippen LogP) is 0.841. The maximum Gasteiger partial charge on any atom is 0.223 e. The minimum atomic E-state index is -0.0489. The molecule has 1 aliphatic carbocycles. The summed E-state index contributed by atoms with van der Waals surface area (Å²) in [6.45, 7) is 8.54. The zero-order valence-electron chi connectivity index (χ0n) is 10.0. The van der Waals surface area contributed by atoms with E-state index in [4.69, 9.17) is 0 Å². The number of hydrogen-bond acceptors (Lipinski definition) is 2. The Labute approximate surface area is 96.5 Å². The third kappa shape index (κ3) is 4.47. The molecule has 1 saturated carbocycles. The van der Waals surface area contributed by atoms with Gasteiger partial charge in [-0.2, -0.15) is 0 Å². The van der Waals surface area contributed by atoms with E-state index in [9.17, 15) is 9.59 Å². The number of hydrogen-bond donors (Lipinski definition) is 2. The largest absolute Gasteiger partial charge is 0.355 e. The summed E-state index contributed by atoms with van der Waals surface area (Å²) in [5.74, 6) is 0.725. The van der Waals surface area contributed by atoms with Gasteiger partial charge in [-0.3, -0.25) is 9.59 Å². The van der Waals surface area contributed by atoms with E-state index < -0.39 is 0 Å². The third-order valence-electron chi connectivity index (χ3n) is 2.68. The van der Waals surface area contributed by atoms with Crippen LogP contribution in [0.1, 0.15) is 26.7 Å². The van der Waals surface area contributed by atoms with Crippen LogP contribution in [0.5, 0.6) is 0 Å². The zero-order valence-corrected chi connectivity index (χ0v) is 10.0. The number of nitrogens with one attached hydrogen (secondary N) is 2. The molecule has 0 aliphatic heterocycles. The van der Waals surface area contributed by atoms with Crippen LogP contribution in [0.25, 0.3) is 0 Å². The molecule has 0 aromatic rings. The number of amides is 2. The van der Waals surface area contributed by atoms with Gasteiger partial charge in [-0.25, -0.2) is 0 Å². The molecule has 0 heterocycles. The van der Waals surface area contributed by atoms with Crippen LogP contribution < -0.4 is 10.6 Å². The van der Waals surface area contributed by atoms with E-state index >= 15 is 0 Å². The fourth-order valence-electron chi connectivity index (χ4n) is 1.46. The van der Waals surface area contributed by atoms with Crippen molar-refractivity contribution in [3.05, 3.63) is 12.2 Å². The van der Waals surface area contributed by atoms with Crippen molar-refractivity contribution in [2.45, 2.75) is 26.7 Å². The second-order valence-electron chi connectivity index (χ2n) is 4.59. The summed E-state index contributed by atoms with van der Waals surface area (Å²) in [6.07, 6.45) is 1.31. The second-order valence-corrected chi connectivity index (χ2v) is 4.59. The minimum Gasteiger partial charge on any atom is -0.355 e. The minimum absolute atomic E-state index is 0.0489. The molecular formula is C12H20N2O2. The Hall–Kier alpha value is -1.32. The van der Waals surface area contributed by atoms with Gasteiger partial charge in [-0.15, -0.1) is 0 Å². The lowest BCUT2D eigenvalue weighted by Crippen LogP contribution is -2.32. The van der Waals surface area contributed by atoms with Crippen LogP contribution in [0.2, 0.25) is 0 Å². The maximum absolute atomic E-state index is 11.4. The van der Waals surface area contributed by atoms with Crippen LogP contribution in [-0.2, 0) is 9.59 Å². The number of rotatable bonds is 6. The lowest BCUT2D eigenvalue weighted by Gasteiger charge is -2.06. The maximum atomic E-state index is 11.4. The topological polar surface area (TPSA) is 58.2 Å². The third-order valence-corrected chi connectivity index (χ3v) is 2.68. The van der Waals surface area contributed by atoms with Crippen molar-refractivity contribution in [3.8, 4) is 0 Å². The molecule has 4 nitrogen and oxygen atoms in total. The molecule has 16 heavy (non-hydrogen) atoms. The summed E-state index contributed by atoms with van der Waals surface area (Å²) in [5, 5.41) is 5.49. The fraction of sp³-hybridized carbons (Fsp3) is 0.667. The van der Waals surface area contributed by atoms with Crippen LogP contribution in [0.15, 0.2) is 12.2 Å². The van der Waals surface area contributed by atoms with Gasteiger partial charge in [-0.05, 0) is 19.3 Å². The summed E-state index contributed by atoms with van der Waals surface area (Å²) < 4.78 is 0. The Kier molecular flexibility index (Phi) is 4.52. The Balaban J connectivity index is 2.04. The van der Waals surface area contributed by atoms with Crippen molar-refractivity contribution in [2.75, 3.05) is 13.1 Å². The first-order valence-electron chi connectivity index (χ1n) is 5.69. The quantitative estimate of drug-likeness (QED) is 0.657. The second kappa shape index (κ2) is 5.68. The van der Waals surface area contributed by atoms with Crippen LogP contribution in [0.3, 0.4) is 0 Å². The first kappa shape index (κ1) is 12.7. The van der Waals surface area contributed by atoms with Crippen LogP contribution in [-0.4, -0.2) is 24.9 Å². The molecule has 0 bridgehead atoms. The van der Waals surface area contributed by atoms with Crippen LogP contribution >= 0.6 is 0 Å². The molecule has 2 N–H and O–H groups in total. The molecule has 1 rings (SSSR count). The molecule has 2 unspecified atom stereocenters. The molecular weight excluding hydrogens is 204 g/mol. The average Bonchev–Trinajstić information content (AvgIpc) is 2.92. The van der Waals surface area contributed by atoms with E-state index in [-0.39, 0.29) is 17.7 Å². The van der Waals surface area contributed by atoms with Crippen molar-refractivity contribution < 1.29 is 9.59 Å². The molecule has 0 aromatic heterocycles. The molecule has 4 heteroatoms. The Morgan fingerprint density at radius 2 is 2.00 bits per heavy atom. The van der Waals surface area contributed by atoms with Crippen molar-refractivity contribution in [1.82, 2.24) is 10.6 Å². The Morgan fingerprint density at radius 3 is 2.50 bits per heavy atom. The van der Waals surface area contributed by atoms with Gasteiger partial charge >= 0.3 is 0 Å². The van der Waals surface area contributed by atoms with E-state index in [1.54, 1.807) is 0 Å². The monoisotopic (exact) mass is 224 g/mol. The first-order valence-corrected chi connectivity index (χ1v) is 5.69. The molecule has 0 saturated heterocycles. The summed E-state index contributed by atoms with van der Waals surface area (Å²) in [4.78, 5) is 22.7. The van der Waals surface area contributed by atoms with Gasteiger partial charge in [-0.1, -0.05) is 19.1 Å². The van der Waals surface area contributed by atoms with Crippen LogP contribution in [0, 0.1) is 11.8 Å². The summed E-state index contributed by atoms with van der Waals surface area (Å²) in [6, 6.07) is 0. The molecule has 0 spiro atoms. The van der Waals surface area contributed by atoms with Crippen molar-refractivity contribution >= 4 is 11.8 Å². The molecule has 0 aromatic carbocycles.